The van der Waals surface area contributed by atoms with E-state index < -0.39 is 0 Å². The van der Waals surface area contributed by atoms with Gasteiger partial charge in [-0.25, -0.2) is 0 Å². The van der Waals surface area contributed by atoms with Gasteiger partial charge in [0.25, 0.3) is 0 Å². The van der Waals surface area contributed by atoms with Gasteiger partial charge in [-0.05, 0) is 43.6 Å². The first-order valence-electron chi connectivity index (χ1n) is 6.67. The lowest BCUT2D eigenvalue weighted by molar-refractivity contribution is 0.234. The smallest absolute Gasteiger partial charge is 0.0319 e. The van der Waals surface area contributed by atoms with E-state index in [4.69, 9.17) is 5.73 Å². The van der Waals surface area contributed by atoms with Crippen molar-refractivity contribution < 1.29 is 0 Å². The van der Waals surface area contributed by atoms with Gasteiger partial charge >= 0.3 is 0 Å². The van der Waals surface area contributed by atoms with E-state index in [1.807, 2.05) is 0 Å². The van der Waals surface area contributed by atoms with Gasteiger partial charge in [-0.1, -0.05) is 45.0 Å². The largest absolute Gasteiger partial charge is 0.330 e. The summed E-state index contributed by atoms with van der Waals surface area (Å²) in [5.74, 6) is 0.452. The molecular weight excluding hydrogens is 279 g/mol. The summed E-state index contributed by atoms with van der Waals surface area (Å²) in [6.45, 7) is 11.8. The summed E-state index contributed by atoms with van der Waals surface area (Å²) >= 11 is 0. The lowest BCUT2D eigenvalue weighted by atomic mass is 9.98. The Morgan fingerprint density at radius 1 is 0.947 bits per heavy atom. The Hall–Kier alpha value is -0.280. The van der Waals surface area contributed by atoms with Gasteiger partial charge in [0.05, 0.1) is 0 Å². The van der Waals surface area contributed by atoms with Crippen LogP contribution in [0.5, 0.6) is 0 Å². The van der Waals surface area contributed by atoms with Crippen molar-refractivity contribution in [3.8, 4) is 0 Å². The summed E-state index contributed by atoms with van der Waals surface area (Å²) in [4.78, 5) is 2.46. The molecule has 0 saturated carbocycles. The predicted molar refractivity (Wildman–Crippen MR) is 89.7 cm³/mol. The topological polar surface area (TPSA) is 29.3 Å². The number of hydrogen-bond donors (Lipinski definition) is 1. The molecule has 0 fully saturated rings. The highest BCUT2D eigenvalue weighted by Crippen LogP contribution is 2.22. The summed E-state index contributed by atoms with van der Waals surface area (Å²) in [6, 6.07) is 9.40. The number of hydrogen-bond acceptors (Lipinski definition) is 2. The van der Waals surface area contributed by atoms with Crippen molar-refractivity contribution in [1.29, 1.82) is 0 Å². The van der Waals surface area contributed by atoms with Crippen LogP contribution in [0.25, 0.3) is 0 Å². The first-order valence-corrected chi connectivity index (χ1v) is 6.67. The van der Waals surface area contributed by atoms with Crippen molar-refractivity contribution in [2.45, 2.75) is 39.7 Å². The standard InChI is InChI=1S/C15H26N2.2ClH/c1-5-17(6-2)13(4)15-9-7-14(8-10-15)12(3)11-16;;/h7-10,12-13H,5-6,11,16H2,1-4H3;2*1H. The summed E-state index contributed by atoms with van der Waals surface area (Å²) in [7, 11) is 0. The Balaban J connectivity index is 0. The summed E-state index contributed by atoms with van der Waals surface area (Å²) in [6.07, 6.45) is 0. The Labute approximate surface area is 130 Å². The van der Waals surface area contributed by atoms with Crippen LogP contribution < -0.4 is 5.73 Å². The summed E-state index contributed by atoms with van der Waals surface area (Å²) in [5, 5.41) is 0. The van der Waals surface area contributed by atoms with Gasteiger partial charge in [0.1, 0.15) is 0 Å². The molecule has 0 spiro atoms. The fraction of sp³-hybridized carbons (Fsp3) is 0.600. The van der Waals surface area contributed by atoms with Gasteiger partial charge in [0.15, 0.2) is 0 Å². The second-order valence-corrected chi connectivity index (χ2v) is 4.70. The van der Waals surface area contributed by atoms with Crippen LogP contribution in [0.15, 0.2) is 24.3 Å². The maximum atomic E-state index is 5.68. The molecule has 0 aliphatic heterocycles. The Bertz CT molecular complexity index is 323. The van der Waals surface area contributed by atoms with Crippen LogP contribution >= 0.6 is 24.8 Å². The average molecular weight is 307 g/mol. The van der Waals surface area contributed by atoms with Gasteiger partial charge in [-0.15, -0.1) is 24.8 Å². The van der Waals surface area contributed by atoms with Crippen LogP contribution in [0.2, 0.25) is 0 Å². The molecule has 0 bridgehead atoms. The predicted octanol–water partition coefficient (Wildman–Crippen LogP) is 4.00. The number of rotatable bonds is 6. The number of benzene rings is 1. The molecule has 112 valence electrons. The molecule has 1 aromatic rings. The molecule has 1 rings (SSSR count). The molecular formula is C15H28Cl2N2. The van der Waals surface area contributed by atoms with Crippen LogP contribution in [-0.4, -0.2) is 24.5 Å². The fourth-order valence-corrected chi connectivity index (χ4v) is 2.22. The van der Waals surface area contributed by atoms with Crippen LogP contribution in [0.1, 0.15) is 50.8 Å². The third kappa shape index (κ3) is 5.70. The van der Waals surface area contributed by atoms with Crippen molar-refractivity contribution in [3.63, 3.8) is 0 Å². The highest BCUT2D eigenvalue weighted by Gasteiger charge is 2.12. The minimum absolute atomic E-state index is 0. The molecule has 0 aromatic heterocycles. The number of nitrogens with two attached hydrogens (primary N) is 1. The van der Waals surface area contributed by atoms with Crippen molar-refractivity contribution in [1.82, 2.24) is 4.90 Å². The van der Waals surface area contributed by atoms with Gasteiger partial charge in [-0.2, -0.15) is 0 Å². The van der Waals surface area contributed by atoms with Gasteiger partial charge in [0, 0.05) is 6.04 Å². The quantitative estimate of drug-likeness (QED) is 0.861. The Morgan fingerprint density at radius 3 is 1.74 bits per heavy atom. The van der Waals surface area contributed by atoms with Crippen LogP contribution in [0.4, 0.5) is 0 Å². The molecule has 2 atom stereocenters. The third-order valence-corrected chi connectivity index (χ3v) is 3.70. The first-order chi connectivity index (χ1) is 8.13. The average Bonchev–Trinajstić information content (AvgIpc) is 2.39. The Kier molecular flexibility index (Phi) is 11.6. The molecule has 0 heterocycles. The van der Waals surface area contributed by atoms with E-state index in [9.17, 15) is 0 Å². The third-order valence-electron chi connectivity index (χ3n) is 3.70. The lowest BCUT2D eigenvalue weighted by Crippen LogP contribution is -2.26. The van der Waals surface area contributed by atoms with E-state index in [1.54, 1.807) is 0 Å². The monoisotopic (exact) mass is 306 g/mol. The van der Waals surface area contributed by atoms with Crippen LogP contribution in [0.3, 0.4) is 0 Å². The Morgan fingerprint density at radius 2 is 1.37 bits per heavy atom. The second kappa shape index (κ2) is 10.5. The SMILES string of the molecule is CCN(CC)C(C)c1ccc(C(C)CN)cc1.Cl.Cl. The summed E-state index contributed by atoms with van der Waals surface area (Å²) < 4.78 is 0. The van der Waals surface area contributed by atoms with Gasteiger partial charge in [0.2, 0.25) is 0 Å². The minimum atomic E-state index is 0. The van der Waals surface area contributed by atoms with E-state index in [2.05, 4.69) is 56.9 Å². The number of halogens is 2. The van der Waals surface area contributed by atoms with E-state index in [0.717, 1.165) is 13.1 Å². The maximum Gasteiger partial charge on any atom is 0.0319 e. The minimum Gasteiger partial charge on any atom is -0.330 e. The highest BCUT2D eigenvalue weighted by atomic mass is 35.5. The molecule has 19 heavy (non-hydrogen) atoms. The van der Waals surface area contributed by atoms with Crippen LogP contribution in [0, 0.1) is 0 Å². The van der Waals surface area contributed by atoms with E-state index >= 15 is 0 Å². The molecule has 0 aliphatic rings. The molecule has 2 unspecified atom stereocenters. The molecule has 4 heteroatoms. The highest BCUT2D eigenvalue weighted by molar-refractivity contribution is 5.85. The van der Waals surface area contributed by atoms with Crippen molar-refractivity contribution in [2.75, 3.05) is 19.6 Å². The zero-order valence-corrected chi connectivity index (χ0v) is 14.1. The van der Waals surface area contributed by atoms with Crippen LogP contribution in [-0.2, 0) is 0 Å². The molecule has 2 N–H and O–H groups in total. The zero-order valence-electron chi connectivity index (χ0n) is 12.4. The van der Waals surface area contributed by atoms with Crippen molar-refractivity contribution >= 4 is 24.8 Å². The van der Waals surface area contributed by atoms with E-state index in [0.29, 0.717) is 18.5 Å². The first kappa shape index (κ1) is 21.0. The van der Waals surface area contributed by atoms with E-state index in [-0.39, 0.29) is 24.8 Å². The fourth-order valence-electron chi connectivity index (χ4n) is 2.22. The molecule has 0 radical (unpaired) electrons. The molecule has 0 amide bonds. The number of nitrogens with zero attached hydrogens (tertiary/aromatic N) is 1. The molecule has 0 aliphatic carbocycles. The summed E-state index contributed by atoms with van der Waals surface area (Å²) in [5.41, 5.74) is 8.41. The lowest BCUT2D eigenvalue weighted by Gasteiger charge is -2.27. The molecule has 0 saturated heterocycles. The van der Waals surface area contributed by atoms with Gasteiger partial charge < -0.3 is 5.73 Å². The van der Waals surface area contributed by atoms with Crippen molar-refractivity contribution in [2.24, 2.45) is 5.73 Å². The van der Waals surface area contributed by atoms with E-state index in [1.165, 1.54) is 11.1 Å². The maximum absolute atomic E-state index is 5.68. The zero-order chi connectivity index (χ0) is 12.8. The normalized spacial score (nSPS) is 13.4. The van der Waals surface area contributed by atoms with Crippen molar-refractivity contribution in [3.05, 3.63) is 35.4 Å². The molecule has 1 aromatic carbocycles. The van der Waals surface area contributed by atoms with Gasteiger partial charge in [-0.3, -0.25) is 4.90 Å². The second-order valence-electron chi connectivity index (χ2n) is 4.70. The molecule has 2 nitrogen and oxygen atoms in total.